The van der Waals surface area contributed by atoms with Gasteiger partial charge in [-0.2, -0.15) is 0 Å². The van der Waals surface area contributed by atoms with E-state index in [-0.39, 0.29) is 12.4 Å². The number of benzene rings is 3. The van der Waals surface area contributed by atoms with Gasteiger partial charge in [0.1, 0.15) is 0 Å². The fourth-order valence-electron chi connectivity index (χ4n) is 3.70. The maximum Gasteiger partial charge on any atom is 0.173 e. The van der Waals surface area contributed by atoms with Crippen LogP contribution in [0.25, 0.3) is 27.5 Å². The highest BCUT2D eigenvalue weighted by Crippen LogP contribution is 2.31. The highest BCUT2D eigenvalue weighted by Gasteiger charge is 2.11. The SMILES string of the molecule is [Cl-].c1cc[n+](Cc2ccc(-n3c4ccccc4c4ccccc43)cc2)cc1. The predicted molar refractivity (Wildman–Crippen MR) is 107 cm³/mol. The van der Waals surface area contributed by atoms with Crippen molar-refractivity contribution in [3.05, 3.63) is 109 Å². The summed E-state index contributed by atoms with van der Waals surface area (Å²) in [6, 6.07) is 32.3. The third-order valence-corrected chi connectivity index (χ3v) is 4.92. The van der Waals surface area contributed by atoms with Crippen molar-refractivity contribution in [2.45, 2.75) is 6.54 Å². The van der Waals surface area contributed by atoms with Crippen molar-refractivity contribution in [3.8, 4) is 5.69 Å². The molecule has 0 aliphatic heterocycles. The first-order chi connectivity index (χ1) is 12.9. The van der Waals surface area contributed by atoms with Crippen molar-refractivity contribution in [1.29, 1.82) is 0 Å². The summed E-state index contributed by atoms with van der Waals surface area (Å²) in [5.74, 6) is 0. The maximum absolute atomic E-state index is 2.35. The van der Waals surface area contributed by atoms with Crippen LogP contribution in [0, 0.1) is 0 Å². The lowest BCUT2D eigenvalue weighted by molar-refractivity contribution is -0.688. The summed E-state index contributed by atoms with van der Waals surface area (Å²) < 4.78 is 4.54. The summed E-state index contributed by atoms with van der Waals surface area (Å²) in [7, 11) is 0. The van der Waals surface area contributed by atoms with Crippen LogP contribution < -0.4 is 17.0 Å². The van der Waals surface area contributed by atoms with E-state index in [4.69, 9.17) is 0 Å². The Morgan fingerprint density at radius 2 is 1.15 bits per heavy atom. The van der Waals surface area contributed by atoms with Gasteiger partial charge in [0.2, 0.25) is 0 Å². The molecular weight excluding hydrogens is 352 g/mol. The van der Waals surface area contributed by atoms with Crippen molar-refractivity contribution in [3.63, 3.8) is 0 Å². The van der Waals surface area contributed by atoms with Crippen LogP contribution in [0.15, 0.2) is 103 Å². The van der Waals surface area contributed by atoms with Crippen LogP contribution in [-0.2, 0) is 6.54 Å². The molecule has 0 bridgehead atoms. The van der Waals surface area contributed by atoms with Crippen molar-refractivity contribution in [2.75, 3.05) is 0 Å². The number of hydrogen-bond acceptors (Lipinski definition) is 0. The van der Waals surface area contributed by atoms with Gasteiger partial charge in [-0.05, 0) is 24.3 Å². The second kappa shape index (κ2) is 7.26. The molecule has 0 saturated heterocycles. The van der Waals surface area contributed by atoms with Gasteiger partial charge in [0.15, 0.2) is 18.9 Å². The Hall–Kier alpha value is -3.10. The van der Waals surface area contributed by atoms with E-state index in [0.717, 1.165) is 6.54 Å². The quantitative estimate of drug-likeness (QED) is 0.430. The number of nitrogens with zero attached hydrogens (tertiary/aromatic N) is 2. The fourth-order valence-corrected chi connectivity index (χ4v) is 3.70. The minimum absolute atomic E-state index is 0. The summed E-state index contributed by atoms with van der Waals surface area (Å²) in [6.07, 6.45) is 4.20. The highest BCUT2D eigenvalue weighted by atomic mass is 35.5. The van der Waals surface area contributed by atoms with E-state index in [9.17, 15) is 0 Å². The normalized spacial score (nSPS) is 10.8. The zero-order valence-electron chi connectivity index (χ0n) is 14.8. The third-order valence-electron chi connectivity index (χ3n) is 4.92. The summed E-state index contributed by atoms with van der Waals surface area (Å²) >= 11 is 0. The zero-order chi connectivity index (χ0) is 17.3. The van der Waals surface area contributed by atoms with Gasteiger partial charge in [0.25, 0.3) is 0 Å². The molecule has 0 atom stereocenters. The van der Waals surface area contributed by atoms with Crippen LogP contribution in [0.1, 0.15) is 5.56 Å². The summed E-state index contributed by atoms with van der Waals surface area (Å²) in [6.45, 7) is 0.883. The van der Waals surface area contributed by atoms with Crippen LogP contribution >= 0.6 is 0 Å². The fraction of sp³-hybridized carbons (Fsp3) is 0.0417. The van der Waals surface area contributed by atoms with Gasteiger partial charge < -0.3 is 17.0 Å². The highest BCUT2D eigenvalue weighted by molar-refractivity contribution is 6.09. The number of fused-ring (bicyclic) bond motifs is 3. The van der Waals surface area contributed by atoms with Gasteiger partial charge in [-0.25, -0.2) is 4.57 Å². The van der Waals surface area contributed by atoms with E-state index >= 15 is 0 Å². The Labute approximate surface area is 164 Å². The molecular formula is C24H19ClN2. The average Bonchev–Trinajstić information content (AvgIpc) is 3.04. The Balaban J connectivity index is 0.00000180. The number of rotatable bonds is 3. The lowest BCUT2D eigenvalue weighted by Crippen LogP contribution is -3.00. The molecule has 5 rings (SSSR count). The molecule has 0 aliphatic carbocycles. The third kappa shape index (κ3) is 3.09. The Kier molecular flexibility index (Phi) is 4.66. The average molecular weight is 371 g/mol. The van der Waals surface area contributed by atoms with Gasteiger partial charge in [0, 0.05) is 34.2 Å². The smallest absolute Gasteiger partial charge is 0.173 e. The first-order valence-electron chi connectivity index (χ1n) is 8.92. The van der Waals surface area contributed by atoms with Crippen molar-refractivity contribution < 1.29 is 17.0 Å². The second-order valence-corrected chi connectivity index (χ2v) is 6.58. The largest absolute Gasteiger partial charge is 1.00 e. The molecule has 2 nitrogen and oxygen atoms in total. The number of hydrogen-bond donors (Lipinski definition) is 0. The van der Waals surface area contributed by atoms with E-state index < -0.39 is 0 Å². The molecule has 0 aliphatic rings. The van der Waals surface area contributed by atoms with Crippen molar-refractivity contribution >= 4 is 21.8 Å². The first kappa shape index (κ1) is 17.3. The molecule has 2 aromatic heterocycles. The summed E-state index contributed by atoms with van der Waals surface area (Å²) in [4.78, 5) is 0. The molecule has 0 saturated carbocycles. The molecule has 0 unspecified atom stereocenters. The molecule has 0 amide bonds. The van der Waals surface area contributed by atoms with Crippen LogP contribution in [0.3, 0.4) is 0 Å². The van der Waals surface area contributed by atoms with Gasteiger partial charge in [0.05, 0.1) is 11.0 Å². The van der Waals surface area contributed by atoms with Crippen LogP contribution in [-0.4, -0.2) is 4.57 Å². The topological polar surface area (TPSA) is 8.81 Å². The lowest BCUT2D eigenvalue weighted by Gasteiger charge is -2.08. The van der Waals surface area contributed by atoms with Gasteiger partial charge in [-0.15, -0.1) is 0 Å². The van der Waals surface area contributed by atoms with Crippen LogP contribution in [0.2, 0.25) is 0 Å². The molecule has 0 fully saturated rings. The second-order valence-electron chi connectivity index (χ2n) is 6.58. The molecule has 5 aromatic rings. The van der Waals surface area contributed by atoms with E-state index in [1.165, 1.54) is 33.1 Å². The molecule has 3 aromatic carbocycles. The molecule has 3 heteroatoms. The lowest BCUT2D eigenvalue weighted by atomic mass is 10.2. The Morgan fingerprint density at radius 3 is 1.74 bits per heavy atom. The van der Waals surface area contributed by atoms with Gasteiger partial charge in [-0.3, -0.25) is 0 Å². The summed E-state index contributed by atoms with van der Waals surface area (Å²) in [5, 5.41) is 2.60. The van der Waals surface area contributed by atoms with E-state index in [0.29, 0.717) is 0 Å². The number of aromatic nitrogens is 2. The maximum atomic E-state index is 2.35. The Morgan fingerprint density at radius 1 is 0.593 bits per heavy atom. The molecule has 0 spiro atoms. The zero-order valence-corrected chi connectivity index (χ0v) is 15.6. The standard InChI is InChI=1S/C24H19N2.ClH/c1-6-16-25(17-7-1)18-19-12-14-20(15-13-19)26-23-10-4-2-8-21(23)22-9-3-5-11-24(22)26;/h1-17H,18H2;1H/q+1;/p-1. The number of pyridine rings is 1. The molecule has 0 N–H and O–H groups in total. The monoisotopic (exact) mass is 370 g/mol. The van der Waals surface area contributed by atoms with Crippen LogP contribution in [0.5, 0.6) is 0 Å². The minimum Gasteiger partial charge on any atom is -1.00 e. The van der Waals surface area contributed by atoms with Gasteiger partial charge >= 0.3 is 0 Å². The van der Waals surface area contributed by atoms with Gasteiger partial charge in [-0.1, -0.05) is 54.6 Å². The molecule has 132 valence electrons. The van der Waals surface area contributed by atoms with Crippen LogP contribution in [0.4, 0.5) is 0 Å². The van der Waals surface area contributed by atoms with Crippen molar-refractivity contribution in [1.82, 2.24) is 4.57 Å². The molecule has 27 heavy (non-hydrogen) atoms. The number of halogens is 1. The van der Waals surface area contributed by atoms with E-state index in [2.05, 4.69) is 106 Å². The Bertz CT molecular complexity index is 1140. The van der Waals surface area contributed by atoms with E-state index in [1.807, 2.05) is 6.07 Å². The minimum atomic E-state index is 0. The number of para-hydroxylation sites is 2. The first-order valence-corrected chi connectivity index (χ1v) is 8.92. The molecule has 2 heterocycles. The van der Waals surface area contributed by atoms with E-state index in [1.54, 1.807) is 0 Å². The molecule has 0 radical (unpaired) electrons. The predicted octanol–water partition coefficient (Wildman–Crippen LogP) is 2.12. The van der Waals surface area contributed by atoms with Crippen molar-refractivity contribution in [2.24, 2.45) is 0 Å². The summed E-state index contributed by atoms with van der Waals surface area (Å²) in [5.41, 5.74) is 4.99.